The van der Waals surface area contributed by atoms with Crippen LogP contribution in [-0.4, -0.2) is 41.6 Å². The van der Waals surface area contributed by atoms with Gasteiger partial charge in [-0.2, -0.15) is 0 Å². The topological polar surface area (TPSA) is 113 Å². The normalized spacial score (nSPS) is 18.6. The van der Waals surface area contributed by atoms with E-state index in [2.05, 4.69) is 5.32 Å². The zero-order valence-electron chi connectivity index (χ0n) is 22.7. The summed E-state index contributed by atoms with van der Waals surface area (Å²) in [7, 11) is 0. The lowest BCUT2D eigenvalue weighted by Crippen LogP contribution is -2.54. The lowest BCUT2D eigenvalue weighted by Gasteiger charge is -2.37. The first-order chi connectivity index (χ1) is 18.0. The minimum absolute atomic E-state index is 0.0226. The number of carbonyl (C=O) groups is 4. The van der Waals surface area contributed by atoms with Crippen LogP contribution in [-0.2, 0) is 32.1 Å². The number of anilines is 2. The van der Waals surface area contributed by atoms with E-state index in [1.165, 1.54) is 0 Å². The van der Waals surface area contributed by atoms with Crippen LogP contribution in [0.3, 0.4) is 0 Å². The van der Waals surface area contributed by atoms with Crippen LogP contribution in [0, 0.1) is 11.8 Å². The molecular weight excluding hydrogens is 500 g/mol. The standard InChI is InChI=1S/C29H38N4O4S/c1-18(2)14-22(31-28(37)29(3,4)30)24(34)16-20-15-19-8-5-10-23(32-12-6-11-25(32)35)26(19)33(27(20)36)17-21-9-7-13-38-21/h5,7-10,13,18,20,22H,6,11-12,14-17,30H2,1-4H3,(H,31,37)/t20?,22-/m1/s1. The minimum Gasteiger partial charge on any atom is -0.345 e. The van der Waals surface area contributed by atoms with E-state index in [9.17, 15) is 19.2 Å². The molecule has 3 N–H and O–H groups in total. The molecule has 9 heteroatoms. The Morgan fingerprint density at radius 2 is 1.95 bits per heavy atom. The second-order valence-electron chi connectivity index (χ2n) is 11.4. The Labute approximate surface area is 228 Å². The van der Waals surface area contributed by atoms with Crippen molar-refractivity contribution in [2.75, 3.05) is 16.3 Å². The monoisotopic (exact) mass is 538 g/mol. The molecule has 1 fully saturated rings. The highest BCUT2D eigenvalue weighted by atomic mass is 32.1. The molecule has 2 aromatic rings. The molecule has 2 atom stereocenters. The number of rotatable bonds is 10. The second kappa shape index (κ2) is 11.4. The molecule has 4 rings (SSSR count). The van der Waals surface area contributed by atoms with Crippen LogP contribution >= 0.6 is 11.3 Å². The molecule has 204 valence electrons. The Balaban J connectivity index is 1.64. The maximum Gasteiger partial charge on any atom is 0.240 e. The molecule has 0 saturated carbocycles. The average Bonchev–Trinajstić information content (AvgIpc) is 3.51. The summed E-state index contributed by atoms with van der Waals surface area (Å²) in [4.78, 5) is 57.3. The number of ketones is 1. The van der Waals surface area contributed by atoms with Gasteiger partial charge in [0, 0.05) is 30.2 Å². The van der Waals surface area contributed by atoms with E-state index in [0.29, 0.717) is 32.4 Å². The number of thiophene rings is 1. The van der Waals surface area contributed by atoms with Gasteiger partial charge in [-0.25, -0.2) is 0 Å². The first kappa shape index (κ1) is 28.0. The lowest BCUT2D eigenvalue weighted by atomic mass is 9.85. The maximum atomic E-state index is 14.0. The second-order valence-corrected chi connectivity index (χ2v) is 12.4. The molecule has 38 heavy (non-hydrogen) atoms. The van der Waals surface area contributed by atoms with E-state index in [0.717, 1.165) is 28.2 Å². The van der Waals surface area contributed by atoms with Crippen molar-refractivity contribution >= 4 is 46.2 Å². The Bertz CT molecular complexity index is 1200. The molecule has 1 unspecified atom stereocenters. The van der Waals surface area contributed by atoms with Crippen molar-refractivity contribution in [1.82, 2.24) is 5.32 Å². The molecule has 0 radical (unpaired) electrons. The van der Waals surface area contributed by atoms with Crippen LogP contribution in [0.25, 0.3) is 0 Å². The lowest BCUT2D eigenvalue weighted by molar-refractivity contribution is -0.132. The fraction of sp³-hybridized carbons (Fsp3) is 0.517. The zero-order chi connectivity index (χ0) is 27.6. The summed E-state index contributed by atoms with van der Waals surface area (Å²) < 4.78 is 0. The highest BCUT2D eigenvalue weighted by Gasteiger charge is 2.39. The summed E-state index contributed by atoms with van der Waals surface area (Å²) in [5.74, 6) is -1.02. The Kier molecular flexibility index (Phi) is 8.37. The number of amides is 3. The number of para-hydroxylation sites is 1. The summed E-state index contributed by atoms with van der Waals surface area (Å²) >= 11 is 1.57. The van der Waals surface area contributed by atoms with Gasteiger partial charge in [0.2, 0.25) is 17.7 Å². The molecule has 0 bridgehead atoms. The van der Waals surface area contributed by atoms with Crippen LogP contribution in [0.1, 0.15) is 63.8 Å². The van der Waals surface area contributed by atoms with Gasteiger partial charge in [0.05, 0.1) is 29.5 Å². The predicted octanol–water partition coefficient (Wildman–Crippen LogP) is 3.81. The van der Waals surface area contributed by atoms with Crippen LogP contribution in [0.4, 0.5) is 11.4 Å². The van der Waals surface area contributed by atoms with Crippen LogP contribution in [0.15, 0.2) is 35.7 Å². The fourth-order valence-electron chi connectivity index (χ4n) is 5.20. The first-order valence-corrected chi connectivity index (χ1v) is 14.2. The van der Waals surface area contributed by atoms with Gasteiger partial charge in [-0.3, -0.25) is 19.2 Å². The SMILES string of the molecule is CC(C)C[C@@H](NC(=O)C(C)(C)N)C(=O)CC1Cc2cccc(N3CCCC3=O)c2N(Cc2cccs2)C1=O. The molecule has 8 nitrogen and oxygen atoms in total. The summed E-state index contributed by atoms with van der Waals surface area (Å²) in [6.45, 7) is 8.20. The molecule has 1 aromatic heterocycles. The number of Topliss-reactive ketones (excluding diaryl/α,β-unsaturated/α-hetero) is 1. The van der Waals surface area contributed by atoms with Crippen molar-refractivity contribution in [2.24, 2.45) is 17.6 Å². The van der Waals surface area contributed by atoms with E-state index < -0.39 is 23.4 Å². The van der Waals surface area contributed by atoms with E-state index in [1.54, 1.807) is 35.0 Å². The number of nitrogens with zero attached hydrogens (tertiary/aromatic N) is 2. The summed E-state index contributed by atoms with van der Waals surface area (Å²) in [6.07, 6.45) is 2.19. The fourth-order valence-corrected chi connectivity index (χ4v) is 5.90. The third kappa shape index (κ3) is 6.15. The number of hydrogen-bond acceptors (Lipinski definition) is 6. The number of hydrogen-bond donors (Lipinski definition) is 2. The number of nitrogens with one attached hydrogen (secondary N) is 1. The van der Waals surface area contributed by atoms with Gasteiger partial charge in [0.1, 0.15) is 0 Å². The summed E-state index contributed by atoms with van der Waals surface area (Å²) in [6, 6.07) is 9.03. The molecular formula is C29H38N4O4S. The molecule has 3 heterocycles. The molecule has 2 aliphatic heterocycles. The van der Waals surface area contributed by atoms with Crippen LogP contribution in [0.2, 0.25) is 0 Å². The van der Waals surface area contributed by atoms with E-state index in [1.807, 2.05) is 49.6 Å². The van der Waals surface area contributed by atoms with Gasteiger partial charge in [0.25, 0.3) is 0 Å². The highest BCUT2D eigenvalue weighted by molar-refractivity contribution is 7.09. The quantitative estimate of drug-likeness (QED) is 0.478. The molecule has 0 spiro atoms. The van der Waals surface area contributed by atoms with Crippen molar-refractivity contribution in [3.8, 4) is 0 Å². The molecule has 3 amide bonds. The first-order valence-electron chi connectivity index (χ1n) is 13.3. The Hall–Kier alpha value is -3.04. The van der Waals surface area contributed by atoms with Gasteiger partial charge in [-0.05, 0) is 62.1 Å². The van der Waals surface area contributed by atoms with Crippen molar-refractivity contribution in [3.05, 3.63) is 46.2 Å². The maximum absolute atomic E-state index is 14.0. The predicted molar refractivity (Wildman–Crippen MR) is 150 cm³/mol. The third-order valence-corrected chi connectivity index (χ3v) is 8.00. The average molecular weight is 539 g/mol. The Morgan fingerprint density at radius 3 is 2.55 bits per heavy atom. The number of fused-ring (bicyclic) bond motifs is 1. The van der Waals surface area contributed by atoms with Gasteiger partial charge in [0.15, 0.2) is 5.78 Å². The van der Waals surface area contributed by atoms with Crippen molar-refractivity contribution in [3.63, 3.8) is 0 Å². The summed E-state index contributed by atoms with van der Waals surface area (Å²) in [5, 5.41) is 4.80. The van der Waals surface area contributed by atoms with Gasteiger partial charge >= 0.3 is 0 Å². The number of carbonyl (C=O) groups excluding carboxylic acids is 4. The van der Waals surface area contributed by atoms with Crippen molar-refractivity contribution < 1.29 is 19.2 Å². The molecule has 1 saturated heterocycles. The van der Waals surface area contributed by atoms with E-state index >= 15 is 0 Å². The zero-order valence-corrected chi connectivity index (χ0v) is 23.5. The van der Waals surface area contributed by atoms with E-state index in [4.69, 9.17) is 5.73 Å². The molecule has 2 aliphatic rings. The smallest absolute Gasteiger partial charge is 0.240 e. The van der Waals surface area contributed by atoms with E-state index in [-0.39, 0.29) is 29.9 Å². The number of nitrogens with two attached hydrogens (primary N) is 1. The van der Waals surface area contributed by atoms with Crippen LogP contribution < -0.4 is 20.9 Å². The van der Waals surface area contributed by atoms with Crippen molar-refractivity contribution in [2.45, 2.75) is 77.9 Å². The molecule has 0 aliphatic carbocycles. The van der Waals surface area contributed by atoms with Gasteiger partial charge < -0.3 is 20.9 Å². The Morgan fingerprint density at radius 1 is 1.18 bits per heavy atom. The third-order valence-electron chi connectivity index (χ3n) is 7.14. The largest absolute Gasteiger partial charge is 0.345 e. The highest BCUT2D eigenvalue weighted by Crippen LogP contribution is 2.42. The number of benzene rings is 1. The summed E-state index contributed by atoms with van der Waals surface area (Å²) in [5.41, 5.74) is 7.32. The molecule has 1 aromatic carbocycles. The van der Waals surface area contributed by atoms with Gasteiger partial charge in [-0.15, -0.1) is 11.3 Å². The van der Waals surface area contributed by atoms with Gasteiger partial charge in [-0.1, -0.05) is 32.0 Å². The van der Waals surface area contributed by atoms with Crippen molar-refractivity contribution in [1.29, 1.82) is 0 Å². The minimum atomic E-state index is -1.12. The van der Waals surface area contributed by atoms with Crippen LogP contribution in [0.5, 0.6) is 0 Å².